The number of amides is 2. The lowest BCUT2D eigenvalue weighted by atomic mass is 10.0. The van der Waals surface area contributed by atoms with Gasteiger partial charge in [0.25, 0.3) is 5.91 Å². The van der Waals surface area contributed by atoms with Crippen molar-refractivity contribution < 1.29 is 19.1 Å². The van der Waals surface area contributed by atoms with Crippen molar-refractivity contribution in [2.24, 2.45) is 0 Å². The molecule has 0 aliphatic heterocycles. The van der Waals surface area contributed by atoms with Crippen LogP contribution in [-0.2, 0) is 9.59 Å². The lowest BCUT2D eigenvalue weighted by molar-refractivity contribution is -0.130. The minimum absolute atomic E-state index is 0.0231. The summed E-state index contributed by atoms with van der Waals surface area (Å²) in [5.41, 5.74) is 6.22. The van der Waals surface area contributed by atoms with Gasteiger partial charge in [-0.15, -0.1) is 0 Å². The standard InChI is InChI=1S/C23H22N2O4/c1-16-6-10-20(11-7-16)29-15-23(28)25-24-22(27)13-12-21(26)19-9-8-17-4-2-3-5-18(17)14-19/h2-11,14H,12-13,15H2,1H3,(H,24,27)(H,25,28). The summed E-state index contributed by atoms with van der Waals surface area (Å²) >= 11 is 0. The van der Waals surface area contributed by atoms with Crippen LogP contribution < -0.4 is 15.6 Å². The quantitative estimate of drug-likeness (QED) is 0.479. The topological polar surface area (TPSA) is 84.5 Å². The fourth-order valence-corrected chi connectivity index (χ4v) is 2.76. The zero-order chi connectivity index (χ0) is 20.6. The molecule has 0 radical (unpaired) electrons. The fourth-order valence-electron chi connectivity index (χ4n) is 2.76. The number of aryl methyl sites for hydroxylation is 1. The summed E-state index contributed by atoms with van der Waals surface area (Å²) in [7, 11) is 0. The largest absolute Gasteiger partial charge is 0.484 e. The molecule has 3 aromatic carbocycles. The van der Waals surface area contributed by atoms with Crippen LogP contribution in [0.2, 0.25) is 0 Å². The molecule has 0 aliphatic carbocycles. The van der Waals surface area contributed by atoms with E-state index in [2.05, 4.69) is 10.9 Å². The Bertz CT molecular complexity index is 1030. The molecule has 2 N–H and O–H groups in total. The first-order valence-electron chi connectivity index (χ1n) is 9.30. The Morgan fingerprint density at radius 3 is 2.24 bits per heavy atom. The highest BCUT2D eigenvalue weighted by molar-refractivity contribution is 6.01. The van der Waals surface area contributed by atoms with Gasteiger partial charge in [-0.05, 0) is 35.9 Å². The van der Waals surface area contributed by atoms with Crippen LogP contribution in [0.3, 0.4) is 0 Å². The predicted octanol–water partition coefficient (Wildman–Crippen LogP) is 3.34. The van der Waals surface area contributed by atoms with E-state index in [1.807, 2.05) is 55.5 Å². The van der Waals surface area contributed by atoms with E-state index in [0.717, 1.165) is 16.3 Å². The molecular weight excluding hydrogens is 368 g/mol. The summed E-state index contributed by atoms with van der Waals surface area (Å²) in [6.07, 6.45) is 0.0324. The normalized spacial score (nSPS) is 10.4. The third-order valence-electron chi connectivity index (χ3n) is 4.38. The van der Waals surface area contributed by atoms with Crippen molar-refractivity contribution in [1.29, 1.82) is 0 Å². The molecule has 148 valence electrons. The minimum atomic E-state index is -0.486. The second-order valence-electron chi connectivity index (χ2n) is 6.68. The van der Waals surface area contributed by atoms with E-state index in [-0.39, 0.29) is 25.2 Å². The fraction of sp³-hybridized carbons (Fsp3) is 0.174. The lowest BCUT2D eigenvalue weighted by Gasteiger charge is -2.09. The van der Waals surface area contributed by atoms with Crippen LogP contribution in [0.4, 0.5) is 0 Å². The van der Waals surface area contributed by atoms with Crippen LogP contribution >= 0.6 is 0 Å². The van der Waals surface area contributed by atoms with Crippen LogP contribution in [0, 0.1) is 6.92 Å². The van der Waals surface area contributed by atoms with Gasteiger partial charge in [-0.3, -0.25) is 25.2 Å². The lowest BCUT2D eigenvalue weighted by Crippen LogP contribution is -2.43. The summed E-state index contributed by atoms with van der Waals surface area (Å²) in [5.74, 6) is -0.486. The van der Waals surface area contributed by atoms with E-state index < -0.39 is 11.8 Å². The molecule has 3 aromatic rings. The Hall–Kier alpha value is -3.67. The van der Waals surface area contributed by atoms with Crippen molar-refractivity contribution >= 4 is 28.4 Å². The third-order valence-corrected chi connectivity index (χ3v) is 4.38. The summed E-state index contributed by atoms with van der Waals surface area (Å²) in [5, 5.41) is 2.03. The number of rotatable bonds is 7. The number of hydrogen-bond acceptors (Lipinski definition) is 4. The van der Waals surface area contributed by atoms with Crippen LogP contribution in [0.25, 0.3) is 10.8 Å². The first-order chi connectivity index (χ1) is 14.0. The average Bonchev–Trinajstić information content (AvgIpc) is 2.75. The van der Waals surface area contributed by atoms with Gasteiger partial charge in [0.05, 0.1) is 0 Å². The molecular formula is C23H22N2O4. The molecule has 0 aromatic heterocycles. The average molecular weight is 390 g/mol. The van der Waals surface area contributed by atoms with E-state index in [9.17, 15) is 14.4 Å². The van der Waals surface area contributed by atoms with E-state index in [1.165, 1.54) is 0 Å². The number of ether oxygens (including phenoxy) is 1. The van der Waals surface area contributed by atoms with Crippen LogP contribution in [0.5, 0.6) is 5.75 Å². The Morgan fingerprint density at radius 1 is 0.793 bits per heavy atom. The van der Waals surface area contributed by atoms with E-state index in [4.69, 9.17) is 4.74 Å². The van der Waals surface area contributed by atoms with Crippen molar-refractivity contribution in [3.63, 3.8) is 0 Å². The summed E-state index contributed by atoms with van der Waals surface area (Å²) < 4.78 is 5.33. The smallest absolute Gasteiger partial charge is 0.276 e. The van der Waals surface area contributed by atoms with Gasteiger partial charge in [0, 0.05) is 18.4 Å². The second-order valence-corrected chi connectivity index (χ2v) is 6.68. The van der Waals surface area contributed by atoms with Gasteiger partial charge in [-0.1, -0.05) is 54.1 Å². The molecule has 2 amide bonds. The number of ketones is 1. The molecule has 0 spiro atoms. The zero-order valence-electron chi connectivity index (χ0n) is 16.1. The number of Topliss-reactive ketones (excluding diaryl/α,β-unsaturated/α-hetero) is 1. The van der Waals surface area contributed by atoms with E-state index in [1.54, 1.807) is 18.2 Å². The molecule has 0 unspecified atom stereocenters. The first-order valence-corrected chi connectivity index (χ1v) is 9.30. The number of benzene rings is 3. The van der Waals surface area contributed by atoms with Gasteiger partial charge in [0.2, 0.25) is 5.91 Å². The second kappa shape index (κ2) is 9.50. The van der Waals surface area contributed by atoms with Gasteiger partial charge in [-0.25, -0.2) is 0 Å². The molecule has 0 bridgehead atoms. The molecule has 6 heteroatoms. The molecule has 0 saturated carbocycles. The van der Waals surface area contributed by atoms with Gasteiger partial charge in [-0.2, -0.15) is 0 Å². The van der Waals surface area contributed by atoms with Crippen LogP contribution in [0.15, 0.2) is 66.7 Å². The number of fused-ring (bicyclic) bond motifs is 1. The minimum Gasteiger partial charge on any atom is -0.484 e. The SMILES string of the molecule is Cc1ccc(OCC(=O)NNC(=O)CCC(=O)c2ccc3ccccc3c2)cc1. The summed E-state index contributed by atoms with van der Waals surface area (Å²) in [6.45, 7) is 1.73. The Kier molecular flexibility index (Phi) is 6.58. The highest BCUT2D eigenvalue weighted by atomic mass is 16.5. The Balaban J connectivity index is 1.40. The Labute approximate surface area is 168 Å². The van der Waals surface area contributed by atoms with Crippen molar-refractivity contribution in [1.82, 2.24) is 10.9 Å². The maximum absolute atomic E-state index is 12.3. The molecule has 6 nitrogen and oxygen atoms in total. The number of carbonyl (C=O) groups excluding carboxylic acids is 3. The van der Waals surface area contributed by atoms with Crippen molar-refractivity contribution in [2.75, 3.05) is 6.61 Å². The summed E-state index contributed by atoms with van der Waals surface area (Å²) in [4.78, 5) is 36.0. The van der Waals surface area contributed by atoms with Gasteiger partial charge >= 0.3 is 0 Å². The predicted molar refractivity (Wildman–Crippen MR) is 110 cm³/mol. The molecule has 0 heterocycles. The first kappa shape index (κ1) is 20.1. The maximum atomic E-state index is 12.3. The number of carbonyl (C=O) groups is 3. The molecule has 0 aliphatic rings. The molecule has 0 atom stereocenters. The van der Waals surface area contributed by atoms with Crippen LogP contribution in [-0.4, -0.2) is 24.2 Å². The van der Waals surface area contributed by atoms with E-state index >= 15 is 0 Å². The van der Waals surface area contributed by atoms with Gasteiger partial charge < -0.3 is 4.74 Å². The molecule has 0 fully saturated rings. The summed E-state index contributed by atoms with van der Waals surface area (Å²) in [6, 6.07) is 20.5. The zero-order valence-corrected chi connectivity index (χ0v) is 16.1. The monoisotopic (exact) mass is 390 g/mol. The molecule has 29 heavy (non-hydrogen) atoms. The van der Waals surface area contributed by atoms with Crippen molar-refractivity contribution in [3.05, 3.63) is 77.9 Å². The van der Waals surface area contributed by atoms with E-state index in [0.29, 0.717) is 11.3 Å². The third kappa shape index (κ3) is 5.90. The molecule has 3 rings (SSSR count). The van der Waals surface area contributed by atoms with Crippen molar-refractivity contribution in [2.45, 2.75) is 19.8 Å². The highest BCUT2D eigenvalue weighted by Crippen LogP contribution is 2.17. The number of hydrogen-bond donors (Lipinski definition) is 2. The number of hydrazine groups is 1. The van der Waals surface area contributed by atoms with Crippen molar-refractivity contribution in [3.8, 4) is 5.75 Å². The maximum Gasteiger partial charge on any atom is 0.276 e. The number of nitrogens with one attached hydrogen (secondary N) is 2. The van der Waals surface area contributed by atoms with Crippen LogP contribution in [0.1, 0.15) is 28.8 Å². The van der Waals surface area contributed by atoms with Gasteiger partial charge in [0.15, 0.2) is 12.4 Å². The molecule has 0 saturated heterocycles. The Morgan fingerprint density at radius 2 is 1.48 bits per heavy atom. The van der Waals surface area contributed by atoms with Gasteiger partial charge in [0.1, 0.15) is 5.75 Å². The highest BCUT2D eigenvalue weighted by Gasteiger charge is 2.11.